The number of nitrogens with zero attached hydrogens (tertiary/aromatic N) is 1. The number of hydrogen-bond acceptors (Lipinski definition) is 4. The van der Waals surface area contributed by atoms with Gasteiger partial charge in [-0.25, -0.2) is 9.37 Å². The van der Waals surface area contributed by atoms with Gasteiger partial charge in [-0.15, -0.1) is 11.3 Å². The number of hydrogen-bond donors (Lipinski definition) is 1. The zero-order valence-corrected chi connectivity index (χ0v) is 16.7. The monoisotopic (exact) mass is 400 g/mol. The number of thiazole rings is 1. The second kappa shape index (κ2) is 9.67. The summed E-state index contributed by atoms with van der Waals surface area (Å²) in [4.78, 5) is 16.5. The van der Waals surface area contributed by atoms with E-state index in [-0.39, 0.29) is 18.1 Å². The number of carbonyl (C=O) groups is 1. The lowest BCUT2D eigenvalue weighted by Crippen LogP contribution is -2.27. The smallest absolute Gasteiger partial charge is 0.226 e. The van der Waals surface area contributed by atoms with Crippen LogP contribution in [-0.4, -0.2) is 23.2 Å². The van der Waals surface area contributed by atoms with Gasteiger partial charge >= 0.3 is 0 Å². The van der Waals surface area contributed by atoms with Crippen LogP contribution in [0.4, 0.5) is 4.39 Å². The third-order valence-corrected chi connectivity index (χ3v) is 5.89. The van der Waals surface area contributed by atoms with Gasteiger partial charge in [-0.3, -0.25) is 4.79 Å². The lowest BCUT2D eigenvalue weighted by atomic mass is 10.2. The molecule has 0 saturated carbocycles. The molecule has 0 atom stereocenters. The van der Waals surface area contributed by atoms with Crippen LogP contribution in [0.25, 0.3) is 10.6 Å². The summed E-state index contributed by atoms with van der Waals surface area (Å²) >= 11 is 3.22. The van der Waals surface area contributed by atoms with Gasteiger partial charge in [0.2, 0.25) is 5.91 Å². The van der Waals surface area contributed by atoms with Gasteiger partial charge in [0, 0.05) is 29.0 Å². The van der Waals surface area contributed by atoms with Crippen molar-refractivity contribution in [3.63, 3.8) is 0 Å². The van der Waals surface area contributed by atoms with E-state index in [9.17, 15) is 9.18 Å². The molecular weight excluding hydrogens is 379 g/mol. The van der Waals surface area contributed by atoms with E-state index in [2.05, 4.69) is 41.5 Å². The number of aromatic nitrogens is 1. The van der Waals surface area contributed by atoms with Crippen LogP contribution >= 0.6 is 23.1 Å². The first kappa shape index (κ1) is 19.6. The summed E-state index contributed by atoms with van der Waals surface area (Å²) in [7, 11) is 0. The van der Waals surface area contributed by atoms with Crippen molar-refractivity contribution in [1.82, 2.24) is 10.3 Å². The van der Waals surface area contributed by atoms with Gasteiger partial charge in [0.15, 0.2) is 0 Å². The first-order valence-electron chi connectivity index (χ1n) is 8.70. The molecule has 1 amide bonds. The molecule has 0 spiro atoms. The standard InChI is InChI=1S/C21H21FN2OS2/c1-15-5-7-16(8-6-15)13-26-10-9-23-20(25)12-19-14-27-21(24-19)17-3-2-4-18(22)11-17/h2-8,11,14H,9-10,12-13H2,1H3,(H,23,25). The normalized spacial score (nSPS) is 10.7. The third-order valence-electron chi connectivity index (χ3n) is 3.92. The van der Waals surface area contributed by atoms with E-state index in [1.165, 1.54) is 34.6 Å². The van der Waals surface area contributed by atoms with Crippen molar-refractivity contribution in [2.24, 2.45) is 0 Å². The fourth-order valence-electron chi connectivity index (χ4n) is 2.51. The van der Waals surface area contributed by atoms with E-state index in [0.29, 0.717) is 12.2 Å². The quantitative estimate of drug-likeness (QED) is 0.550. The third kappa shape index (κ3) is 6.19. The number of benzene rings is 2. The number of nitrogens with one attached hydrogen (secondary N) is 1. The molecule has 0 radical (unpaired) electrons. The Balaban J connectivity index is 1.39. The van der Waals surface area contributed by atoms with Crippen LogP contribution in [0.15, 0.2) is 53.9 Å². The average Bonchev–Trinajstić information content (AvgIpc) is 3.11. The SMILES string of the molecule is Cc1ccc(CSCCNC(=O)Cc2csc(-c3cccc(F)c3)n2)cc1. The minimum absolute atomic E-state index is 0.0398. The van der Waals surface area contributed by atoms with Crippen LogP contribution in [0.3, 0.4) is 0 Å². The van der Waals surface area contributed by atoms with Crippen LogP contribution in [0.2, 0.25) is 0 Å². The molecule has 0 fully saturated rings. The van der Waals surface area contributed by atoms with Crippen molar-refractivity contribution in [2.75, 3.05) is 12.3 Å². The number of rotatable bonds is 8. The molecule has 3 aromatic rings. The van der Waals surface area contributed by atoms with E-state index in [4.69, 9.17) is 0 Å². The minimum atomic E-state index is -0.287. The Hall–Kier alpha value is -2.18. The second-order valence-electron chi connectivity index (χ2n) is 6.22. The molecule has 27 heavy (non-hydrogen) atoms. The molecule has 0 bridgehead atoms. The molecule has 0 aliphatic heterocycles. The van der Waals surface area contributed by atoms with Crippen molar-refractivity contribution in [1.29, 1.82) is 0 Å². The number of halogens is 1. The number of thioether (sulfide) groups is 1. The van der Waals surface area contributed by atoms with Crippen molar-refractivity contribution < 1.29 is 9.18 Å². The lowest BCUT2D eigenvalue weighted by molar-refractivity contribution is -0.120. The average molecular weight is 401 g/mol. The van der Waals surface area contributed by atoms with Gasteiger partial charge in [-0.2, -0.15) is 11.8 Å². The highest BCUT2D eigenvalue weighted by atomic mass is 32.2. The zero-order chi connectivity index (χ0) is 19.1. The van der Waals surface area contributed by atoms with Gasteiger partial charge < -0.3 is 5.32 Å². The first-order valence-corrected chi connectivity index (χ1v) is 10.7. The van der Waals surface area contributed by atoms with E-state index in [0.717, 1.165) is 22.1 Å². The molecule has 140 valence electrons. The van der Waals surface area contributed by atoms with E-state index in [1.54, 1.807) is 17.8 Å². The van der Waals surface area contributed by atoms with Gasteiger partial charge in [-0.1, -0.05) is 42.0 Å². The minimum Gasteiger partial charge on any atom is -0.355 e. The molecule has 0 aliphatic rings. The molecule has 1 aromatic heterocycles. The number of aryl methyl sites for hydroxylation is 1. The maximum Gasteiger partial charge on any atom is 0.226 e. The van der Waals surface area contributed by atoms with Crippen molar-refractivity contribution in [2.45, 2.75) is 19.1 Å². The molecule has 3 rings (SSSR count). The Morgan fingerprint density at radius 3 is 2.81 bits per heavy atom. The number of amides is 1. The van der Waals surface area contributed by atoms with E-state index < -0.39 is 0 Å². The topological polar surface area (TPSA) is 42.0 Å². The largest absolute Gasteiger partial charge is 0.355 e. The summed E-state index contributed by atoms with van der Waals surface area (Å²) in [6.45, 7) is 2.71. The van der Waals surface area contributed by atoms with E-state index in [1.807, 2.05) is 11.4 Å². The Bertz CT molecular complexity index is 893. The molecule has 1 N–H and O–H groups in total. The molecule has 6 heteroatoms. The summed E-state index contributed by atoms with van der Waals surface area (Å²) in [5.74, 6) is 1.48. The Labute approximate surface area is 167 Å². The Morgan fingerprint density at radius 1 is 1.22 bits per heavy atom. The number of carbonyl (C=O) groups excluding carboxylic acids is 1. The van der Waals surface area contributed by atoms with Crippen molar-refractivity contribution in [3.8, 4) is 10.6 Å². The highest BCUT2D eigenvalue weighted by Crippen LogP contribution is 2.24. The first-order chi connectivity index (χ1) is 13.1. The lowest BCUT2D eigenvalue weighted by Gasteiger charge is -2.05. The molecule has 0 saturated heterocycles. The van der Waals surface area contributed by atoms with Gasteiger partial charge in [0.25, 0.3) is 0 Å². The van der Waals surface area contributed by atoms with Gasteiger partial charge in [0.1, 0.15) is 10.8 Å². The van der Waals surface area contributed by atoms with Crippen LogP contribution < -0.4 is 5.32 Å². The van der Waals surface area contributed by atoms with Gasteiger partial charge in [0.05, 0.1) is 12.1 Å². The van der Waals surface area contributed by atoms with Crippen LogP contribution in [0.5, 0.6) is 0 Å². The van der Waals surface area contributed by atoms with E-state index >= 15 is 0 Å². The molecule has 2 aromatic carbocycles. The Kier molecular flexibility index (Phi) is 7.01. The second-order valence-corrected chi connectivity index (χ2v) is 8.18. The Morgan fingerprint density at radius 2 is 2.04 bits per heavy atom. The van der Waals surface area contributed by atoms with Crippen LogP contribution in [-0.2, 0) is 17.0 Å². The fraction of sp³-hybridized carbons (Fsp3) is 0.238. The van der Waals surface area contributed by atoms with Crippen LogP contribution in [0, 0.1) is 12.7 Å². The summed E-state index contributed by atoms with van der Waals surface area (Å²) in [6.07, 6.45) is 0.244. The molecule has 0 unspecified atom stereocenters. The predicted octanol–water partition coefficient (Wildman–Crippen LogP) is 4.85. The maximum absolute atomic E-state index is 13.3. The summed E-state index contributed by atoms with van der Waals surface area (Å²) in [5.41, 5.74) is 4.01. The highest BCUT2D eigenvalue weighted by Gasteiger charge is 2.09. The van der Waals surface area contributed by atoms with Crippen LogP contribution in [0.1, 0.15) is 16.8 Å². The molecular formula is C21H21FN2OS2. The summed E-state index contributed by atoms with van der Waals surface area (Å²) in [5, 5.41) is 5.51. The maximum atomic E-state index is 13.3. The van der Waals surface area contributed by atoms with Gasteiger partial charge in [-0.05, 0) is 24.6 Å². The predicted molar refractivity (Wildman–Crippen MR) is 112 cm³/mol. The molecule has 3 nitrogen and oxygen atoms in total. The zero-order valence-electron chi connectivity index (χ0n) is 15.1. The summed E-state index contributed by atoms with van der Waals surface area (Å²) < 4.78 is 13.3. The molecule has 0 aliphatic carbocycles. The summed E-state index contributed by atoms with van der Waals surface area (Å²) in [6, 6.07) is 14.8. The van der Waals surface area contributed by atoms with Crippen molar-refractivity contribution >= 4 is 29.0 Å². The molecule has 1 heterocycles. The fourth-order valence-corrected chi connectivity index (χ4v) is 4.14. The highest BCUT2D eigenvalue weighted by molar-refractivity contribution is 7.98. The van der Waals surface area contributed by atoms with Crippen molar-refractivity contribution in [3.05, 3.63) is 76.5 Å².